The summed E-state index contributed by atoms with van der Waals surface area (Å²) in [4.78, 5) is 18.8. The number of aliphatic hydroxyl groups is 2. The summed E-state index contributed by atoms with van der Waals surface area (Å²) in [7, 11) is 3.02. The Labute approximate surface area is 233 Å². The number of amides is 1. The van der Waals surface area contributed by atoms with Gasteiger partial charge in [-0.15, -0.1) is 0 Å². The SMILES string of the molecule is COc1cc(C(=O)NC[C@@](O)(c2cc3c(c(-c4ccc(F)cc4)n2)N(C)C[C@@]3(C)N)C(F)(F)F)ccc1OCCO. The van der Waals surface area contributed by atoms with Crippen molar-refractivity contribution >= 4 is 11.6 Å². The van der Waals surface area contributed by atoms with E-state index in [0.717, 1.165) is 18.2 Å². The Bertz CT molecular complexity index is 1430. The molecule has 0 saturated carbocycles. The maximum absolute atomic E-state index is 14.6. The first kappa shape index (κ1) is 30.0. The van der Waals surface area contributed by atoms with Crippen LogP contribution in [0, 0.1) is 5.82 Å². The number of anilines is 1. The number of halogens is 4. The summed E-state index contributed by atoms with van der Waals surface area (Å²) in [5, 5.41) is 22.3. The topological polar surface area (TPSA) is 130 Å². The van der Waals surface area contributed by atoms with E-state index in [1.54, 1.807) is 18.9 Å². The summed E-state index contributed by atoms with van der Waals surface area (Å²) in [5.41, 5.74) is 2.05. The molecule has 0 bridgehead atoms. The van der Waals surface area contributed by atoms with Crippen LogP contribution in [0.25, 0.3) is 11.3 Å². The van der Waals surface area contributed by atoms with Crippen LogP contribution in [-0.4, -0.2) is 67.7 Å². The average molecular weight is 579 g/mol. The molecule has 13 heteroatoms. The summed E-state index contributed by atoms with van der Waals surface area (Å²) < 4.78 is 67.8. The van der Waals surface area contributed by atoms with Crippen LogP contribution in [0.3, 0.4) is 0 Å². The molecule has 220 valence electrons. The summed E-state index contributed by atoms with van der Waals surface area (Å²) in [6, 6.07) is 10.1. The third-order valence-electron chi connectivity index (χ3n) is 6.85. The summed E-state index contributed by atoms with van der Waals surface area (Å²) >= 11 is 0. The lowest BCUT2D eigenvalue weighted by atomic mass is 9.89. The second-order valence-electron chi connectivity index (χ2n) is 10.0. The van der Waals surface area contributed by atoms with Crippen LogP contribution in [0.2, 0.25) is 0 Å². The van der Waals surface area contributed by atoms with Crippen LogP contribution in [-0.2, 0) is 11.1 Å². The van der Waals surface area contributed by atoms with Gasteiger partial charge in [-0.1, -0.05) is 0 Å². The summed E-state index contributed by atoms with van der Waals surface area (Å²) in [6.45, 7) is 0.324. The number of hydrogen-bond donors (Lipinski definition) is 4. The Morgan fingerprint density at radius 1 is 1.17 bits per heavy atom. The molecule has 1 aliphatic heterocycles. The first-order valence-corrected chi connectivity index (χ1v) is 12.5. The van der Waals surface area contributed by atoms with Crippen molar-refractivity contribution < 1.29 is 42.0 Å². The van der Waals surface area contributed by atoms with Gasteiger partial charge in [0.15, 0.2) is 11.5 Å². The van der Waals surface area contributed by atoms with Crippen LogP contribution in [0.1, 0.15) is 28.5 Å². The second-order valence-corrected chi connectivity index (χ2v) is 10.0. The zero-order valence-corrected chi connectivity index (χ0v) is 22.6. The fourth-order valence-electron chi connectivity index (χ4n) is 4.77. The Morgan fingerprint density at radius 2 is 1.85 bits per heavy atom. The van der Waals surface area contributed by atoms with Crippen LogP contribution < -0.4 is 25.4 Å². The lowest BCUT2D eigenvalue weighted by molar-refractivity contribution is -0.265. The lowest BCUT2D eigenvalue weighted by Crippen LogP contribution is -2.51. The van der Waals surface area contributed by atoms with E-state index in [4.69, 9.17) is 20.3 Å². The van der Waals surface area contributed by atoms with Crippen LogP contribution in [0.4, 0.5) is 23.2 Å². The van der Waals surface area contributed by atoms with Gasteiger partial charge >= 0.3 is 6.18 Å². The van der Waals surface area contributed by atoms with Gasteiger partial charge in [0, 0.05) is 30.3 Å². The molecule has 2 heterocycles. The number of aromatic nitrogens is 1. The van der Waals surface area contributed by atoms with Crippen LogP contribution in [0.15, 0.2) is 48.5 Å². The number of benzene rings is 2. The molecule has 0 unspecified atom stereocenters. The molecule has 0 aliphatic carbocycles. The first-order chi connectivity index (χ1) is 19.2. The fraction of sp³-hybridized carbons (Fsp3) is 0.357. The number of carbonyl (C=O) groups excluding carboxylic acids is 1. The van der Waals surface area contributed by atoms with E-state index in [0.29, 0.717) is 16.8 Å². The maximum Gasteiger partial charge on any atom is 0.424 e. The number of ether oxygens (including phenoxy) is 2. The van der Waals surface area contributed by atoms with Gasteiger partial charge in [-0.3, -0.25) is 4.79 Å². The Kier molecular flexibility index (Phi) is 8.16. The van der Waals surface area contributed by atoms with Crippen molar-refractivity contribution in [3.05, 3.63) is 71.2 Å². The van der Waals surface area contributed by atoms with Gasteiger partial charge in [0.2, 0.25) is 5.60 Å². The number of pyridine rings is 1. The van der Waals surface area contributed by atoms with Gasteiger partial charge in [0.1, 0.15) is 12.4 Å². The molecule has 0 saturated heterocycles. The fourth-order valence-corrected chi connectivity index (χ4v) is 4.77. The van der Waals surface area contributed by atoms with E-state index in [9.17, 15) is 27.5 Å². The van der Waals surface area contributed by atoms with Crippen molar-refractivity contribution in [2.75, 3.05) is 45.4 Å². The monoisotopic (exact) mass is 578 g/mol. The Morgan fingerprint density at radius 3 is 2.46 bits per heavy atom. The normalized spacial score (nSPS) is 18.0. The minimum atomic E-state index is -5.27. The van der Waals surface area contributed by atoms with Crippen molar-refractivity contribution in [1.82, 2.24) is 10.3 Å². The average Bonchev–Trinajstić information content (AvgIpc) is 3.17. The number of nitrogens with two attached hydrogens (primary N) is 1. The molecule has 2 atom stereocenters. The van der Waals surface area contributed by atoms with Crippen LogP contribution >= 0.6 is 0 Å². The standard InChI is InChI=1S/C28H30F4N4O5/c1-26(33)15-36(2)24-19(26)13-22(35-23(24)16-4-7-18(29)8-5-16)27(39,28(30,31)32)14-34-25(38)17-6-9-20(41-11-10-37)21(12-17)40-3/h4-9,12-13,37,39H,10-11,14-15,33H2,1-3H3,(H,34,38)/t26-,27-/m1/s1. The molecular weight excluding hydrogens is 548 g/mol. The second kappa shape index (κ2) is 11.1. The van der Waals surface area contributed by atoms with Gasteiger partial charge in [-0.25, -0.2) is 9.37 Å². The highest BCUT2D eigenvalue weighted by Crippen LogP contribution is 2.46. The minimum Gasteiger partial charge on any atom is -0.493 e. The molecule has 0 fully saturated rings. The third kappa shape index (κ3) is 5.78. The number of fused-ring (bicyclic) bond motifs is 1. The molecule has 41 heavy (non-hydrogen) atoms. The van der Waals surface area contributed by atoms with Gasteiger partial charge in [0.25, 0.3) is 5.91 Å². The molecule has 1 amide bonds. The number of nitrogens with one attached hydrogen (secondary N) is 1. The molecule has 3 aromatic rings. The molecule has 1 aromatic heterocycles. The first-order valence-electron chi connectivity index (χ1n) is 12.5. The number of nitrogens with zero attached hydrogens (tertiary/aromatic N) is 2. The van der Waals surface area contributed by atoms with E-state index < -0.39 is 41.3 Å². The summed E-state index contributed by atoms with van der Waals surface area (Å²) in [6.07, 6.45) is -5.27. The number of carbonyl (C=O) groups is 1. The van der Waals surface area contributed by atoms with E-state index in [2.05, 4.69) is 10.3 Å². The molecule has 2 aromatic carbocycles. The molecule has 4 rings (SSSR count). The number of rotatable bonds is 9. The zero-order valence-electron chi connectivity index (χ0n) is 22.6. The summed E-state index contributed by atoms with van der Waals surface area (Å²) in [5.74, 6) is -1.14. The molecule has 0 radical (unpaired) electrons. The van der Waals surface area contributed by atoms with E-state index in [1.165, 1.54) is 37.4 Å². The maximum atomic E-state index is 14.6. The van der Waals surface area contributed by atoms with E-state index >= 15 is 0 Å². The number of aliphatic hydroxyl groups excluding tert-OH is 1. The molecular formula is C28H30F4N4O5. The van der Waals surface area contributed by atoms with Gasteiger partial charge in [0.05, 0.1) is 42.9 Å². The smallest absolute Gasteiger partial charge is 0.424 e. The molecule has 0 spiro atoms. The van der Waals surface area contributed by atoms with Crippen LogP contribution in [0.5, 0.6) is 11.5 Å². The van der Waals surface area contributed by atoms with Crippen molar-refractivity contribution in [1.29, 1.82) is 0 Å². The largest absolute Gasteiger partial charge is 0.493 e. The number of hydrogen-bond acceptors (Lipinski definition) is 8. The van der Waals surface area contributed by atoms with Gasteiger partial charge in [-0.05, 0) is 55.5 Å². The molecule has 9 nitrogen and oxygen atoms in total. The Hall–Kier alpha value is -3.94. The van der Waals surface area contributed by atoms with Crippen molar-refractivity contribution in [2.45, 2.75) is 24.2 Å². The lowest BCUT2D eigenvalue weighted by Gasteiger charge is -2.32. The van der Waals surface area contributed by atoms with E-state index in [1.807, 2.05) is 0 Å². The Balaban J connectivity index is 1.74. The van der Waals surface area contributed by atoms with E-state index in [-0.39, 0.29) is 42.5 Å². The van der Waals surface area contributed by atoms with Crippen molar-refractivity contribution in [3.63, 3.8) is 0 Å². The third-order valence-corrected chi connectivity index (χ3v) is 6.85. The molecule has 1 aliphatic rings. The number of methoxy groups -OCH3 is 1. The van der Waals surface area contributed by atoms with Gasteiger partial charge in [-0.2, -0.15) is 13.2 Å². The number of alkyl halides is 3. The minimum absolute atomic E-state index is 0.0359. The molecule has 5 N–H and O–H groups in total. The van der Waals surface area contributed by atoms with Gasteiger partial charge < -0.3 is 35.6 Å². The highest BCUT2D eigenvalue weighted by Gasteiger charge is 2.57. The quantitative estimate of drug-likeness (QED) is 0.285. The number of likely N-dealkylation sites (N-methyl/N-ethyl adjacent to an activating group) is 1. The zero-order chi connectivity index (χ0) is 30.2. The predicted octanol–water partition coefficient (Wildman–Crippen LogP) is 3.07. The highest BCUT2D eigenvalue weighted by atomic mass is 19.4. The predicted molar refractivity (Wildman–Crippen MR) is 142 cm³/mol. The van der Waals surface area contributed by atoms with Crippen molar-refractivity contribution in [2.24, 2.45) is 5.73 Å². The van der Waals surface area contributed by atoms with Crippen molar-refractivity contribution in [3.8, 4) is 22.8 Å². The highest BCUT2D eigenvalue weighted by molar-refractivity contribution is 5.95.